The molecule has 2 N–H and O–H groups in total. The van der Waals surface area contributed by atoms with Crippen LogP contribution in [0.15, 0.2) is 41.5 Å². The van der Waals surface area contributed by atoms with E-state index in [0.29, 0.717) is 24.6 Å². The Bertz CT molecular complexity index is 891. The van der Waals surface area contributed by atoms with E-state index >= 15 is 0 Å². The quantitative estimate of drug-likeness (QED) is 0.744. The zero-order valence-electron chi connectivity index (χ0n) is 13.6. The van der Waals surface area contributed by atoms with E-state index < -0.39 is 0 Å². The lowest BCUT2D eigenvalue weighted by Crippen LogP contribution is -2.14. The second kappa shape index (κ2) is 6.99. The Balaban J connectivity index is 1.71. The topological polar surface area (TPSA) is 96.5 Å². The number of nitrogens with zero attached hydrogens (tertiary/aromatic N) is 4. The molecule has 0 bridgehead atoms. The van der Waals surface area contributed by atoms with E-state index in [0.717, 1.165) is 22.8 Å². The van der Waals surface area contributed by atoms with Gasteiger partial charge in [-0.05, 0) is 26.0 Å². The third-order valence-electron chi connectivity index (χ3n) is 3.37. The van der Waals surface area contributed by atoms with Gasteiger partial charge in [-0.15, -0.1) is 0 Å². The van der Waals surface area contributed by atoms with E-state index in [1.54, 1.807) is 19.3 Å². The molecule has 3 heterocycles. The van der Waals surface area contributed by atoms with Crippen LogP contribution in [0, 0.1) is 13.8 Å². The maximum absolute atomic E-state index is 11.4. The first kappa shape index (κ1) is 15.8. The number of nitrogens with one attached hydrogen (secondary N) is 2. The Morgan fingerprint density at radius 2 is 2.04 bits per heavy atom. The first-order chi connectivity index (χ1) is 11.6. The number of H-pyrrole nitrogens is 1. The van der Waals surface area contributed by atoms with Crippen LogP contribution < -0.4 is 10.9 Å². The monoisotopic (exact) mass is 322 g/mol. The molecule has 0 amide bonds. The molecule has 0 spiro atoms. The maximum Gasteiger partial charge on any atom is 0.251 e. The minimum Gasteiger partial charge on any atom is -0.370 e. The minimum atomic E-state index is -0.130. The molecular formula is C17H18N6O. The number of rotatable bonds is 5. The lowest BCUT2D eigenvalue weighted by Gasteiger charge is -2.08. The van der Waals surface area contributed by atoms with Gasteiger partial charge in [0, 0.05) is 54.4 Å². The van der Waals surface area contributed by atoms with Gasteiger partial charge in [-0.25, -0.2) is 15.0 Å². The maximum atomic E-state index is 11.4. The van der Waals surface area contributed by atoms with Crippen LogP contribution in [0.3, 0.4) is 0 Å². The van der Waals surface area contributed by atoms with Crippen LogP contribution in [0.1, 0.15) is 17.2 Å². The predicted molar refractivity (Wildman–Crippen MR) is 91.8 cm³/mol. The standard InChI is InChI=1S/C17H18N6O/c1-11-8-15(23-17(20-11)13-4-3-6-18-10-13)19-7-5-14-9-16(24)22-12(2)21-14/h3-4,6,8-10H,5,7H2,1-2H3,(H,19,20,23)(H,21,22,24). The van der Waals surface area contributed by atoms with Crippen LogP contribution in [0.4, 0.5) is 5.82 Å². The molecule has 24 heavy (non-hydrogen) atoms. The molecule has 7 nitrogen and oxygen atoms in total. The summed E-state index contributed by atoms with van der Waals surface area (Å²) in [5.74, 6) is 1.99. The van der Waals surface area contributed by atoms with Crippen LogP contribution in [0.2, 0.25) is 0 Å². The van der Waals surface area contributed by atoms with Gasteiger partial charge >= 0.3 is 0 Å². The van der Waals surface area contributed by atoms with E-state index in [4.69, 9.17) is 0 Å². The van der Waals surface area contributed by atoms with Gasteiger partial charge < -0.3 is 10.3 Å². The SMILES string of the molecule is Cc1cc(NCCc2cc(=O)[nH]c(C)n2)nc(-c2cccnc2)n1. The third-order valence-corrected chi connectivity index (χ3v) is 3.37. The van der Waals surface area contributed by atoms with E-state index in [1.165, 1.54) is 6.07 Å². The average Bonchev–Trinajstić information content (AvgIpc) is 2.54. The highest BCUT2D eigenvalue weighted by Crippen LogP contribution is 2.16. The van der Waals surface area contributed by atoms with Gasteiger partial charge in [-0.2, -0.15) is 0 Å². The van der Waals surface area contributed by atoms with Crippen LogP contribution in [-0.2, 0) is 6.42 Å². The smallest absolute Gasteiger partial charge is 0.251 e. The van der Waals surface area contributed by atoms with Gasteiger partial charge in [0.25, 0.3) is 5.56 Å². The van der Waals surface area contributed by atoms with Gasteiger partial charge in [0.2, 0.25) is 0 Å². The normalized spacial score (nSPS) is 10.6. The fraction of sp³-hybridized carbons (Fsp3) is 0.235. The number of hydrogen-bond donors (Lipinski definition) is 2. The van der Waals surface area contributed by atoms with Gasteiger partial charge in [-0.3, -0.25) is 9.78 Å². The molecule has 0 aliphatic carbocycles. The Kier molecular flexibility index (Phi) is 4.60. The summed E-state index contributed by atoms with van der Waals surface area (Å²) in [7, 11) is 0. The number of pyridine rings is 1. The highest BCUT2D eigenvalue weighted by molar-refractivity contribution is 5.56. The molecule has 122 valence electrons. The first-order valence-electron chi connectivity index (χ1n) is 7.67. The van der Waals surface area contributed by atoms with Crippen molar-refractivity contribution in [2.75, 3.05) is 11.9 Å². The number of anilines is 1. The minimum absolute atomic E-state index is 0.130. The van der Waals surface area contributed by atoms with Crippen molar-refractivity contribution in [1.82, 2.24) is 24.9 Å². The van der Waals surface area contributed by atoms with Crippen molar-refractivity contribution in [2.45, 2.75) is 20.3 Å². The van der Waals surface area contributed by atoms with Gasteiger partial charge in [0.05, 0.1) is 0 Å². The van der Waals surface area contributed by atoms with Crippen LogP contribution in [-0.4, -0.2) is 31.5 Å². The summed E-state index contributed by atoms with van der Waals surface area (Å²) in [5, 5.41) is 3.26. The zero-order chi connectivity index (χ0) is 16.9. The molecule has 3 aromatic rings. The molecule has 7 heteroatoms. The molecular weight excluding hydrogens is 304 g/mol. The Labute approximate surface area is 139 Å². The number of aryl methyl sites for hydroxylation is 2. The number of aromatic nitrogens is 5. The summed E-state index contributed by atoms with van der Waals surface area (Å²) in [6.45, 7) is 4.32. The molecule has 0 fully saturated rings. The molecule has 0 aliphatic heterocycles. The fourth-order valence-electron chi connectivity index (χ4n) is 2.37. The molecule has 0 radical (unpaired) electrons. The summed E-state index contributed by atoms with van der Waals surface area (Å²) >= 11 is 0. The molecule has 0 aliphatic rings. The van der Waals surface area contributed by atoms with Gasteiger partial charge in [0.1, 0.15) is 11.6 Å². The summed E-state index contributed by atoms with van der Waals surface area (Å²) in [4.78, 5) is 31.5. The summed E-state index contributed by atoms with van der Waals surface area (Å²) in [6.07, 6.45) is 4.09. The number of aromatic amines is 1. The summed E-state index contributed by atoms with van der Waals surface area (Å²) in [5.41, 5.74) is 2.36. The van der Waals surface area contributed by atoms with Crippen molar-refractivity contribution in [3.63, 3.8) is 0 Å². The summed E-state index contributed by atoms with van der Waals surface area (Å²) < 4.78 is 0. The van der Waals surface area contributed by atoms with Crippen molar-refractivity contribution in [3.05, 3.63) is 64.2 Å². The Hall–Kier alpha value is -3.09. The fourth-order valence-corrected chi connectivity index (χ4v) is 2.37. The second-order valence-corrected chi connectivity index (χ2v) is 5.46. The number of hydrogen-bond acceptors (Lipinski definition) is 6. The summed E-state index contributed by atoms with van der Waals surface area (Å²) in [6, 6.07) is 7.18. The molecule has 0 unspecified atom stereocenters. The average molecular weight is 322 g/mol. The predicted octanol–water partition coefficient (Wildman–Crippen LogP) is 1.89. The van der Waals surface area contributed by atoms with E-state index in [-0.39, 0.29) is 5.56 Å². The van der Waals surface area contributed by atoms with E-state index in [9.17, 15) is 4.79 Å². The van der Waals surface area contributed by atoms with E-state index in [2.05, 4.69) is 30.2 Å². The molecule has 0 saturated carbocycles. The molecule has 0 aromatic carbocycles. The van der Waals surface area contributed by atoms with E-state index in [1.807, 2.05) is 25.1 Å². The molecule has 0 atom stereocenters. The third kappa shape index (κ3) is 4.01. The Morgan fingerprint density at radius 1 is 1.17 bits per heavy atom. The lowest BCUT2D eigenvalue weighted by molar-refractivity contribution is 0.894. The van der Waals surface area contributed by atoms with Crippen molar-refractivity contribution in [3.8, 4) is 11.4 Å². The van der Waals surface area contributed by atoms with Crippen molar-refractivity contribution in [1.29, 1.82) is 0 Å². The highest BCUT2D eigenvalue weighted by Gasteiger charge is 2.05. The zero-order valence-corrected chi connectivity index (χ0v) is 13.6. The van der Waals surface area contributed by atoms with Crippen molar-refractivity contribution in [2.24, 2.45) is 0 Å². The van der Waals surface area contributed by atoms with Crippen LogP contribution in [0.25, 0.3) is 11.4 Å². The molecule has 3 aromatic heterocycles. The van der Waals surface area contributed by atoms with Crippen LogP contribution in [0.5, 0.6) is 0 Å². The molecule has 3 rings (SSSR count). The van der Waals surface area contributed by atoms with Crippen molar-refractivity contribution >= 4 is 5.82 Å². The van der Waals surface area contributed by atoms with Gasteiger partial charge in [-0.1, -0.05) is 0 Å². The second-order valence-electron chi connectivity index (χ2n) is 5.46. The Morgan fingerprint density at radius 3 is 2.79 bits per heavy atom. The van der Waals surface area contributed by atoms with Crippen LogP contribution >= 0.6 is 0 Å². The molecule has 0 saturated heterocycles. The first-order valence-corrected chi connectivity index (χ1v) is 7.67. The highest BCUT2D eigenvalue weighted by atomic mass is 16.1. The van der Waals surface area contributed by atoms with Gasteiger partial charge in [0.15, 0.2) is 5.82 Å². The lowest BCUT2D eigenvalue weighted by atomic mass is 10.2. The largest absolute Gasteiger partial charge is 0.370 e. The van der Waals surface area contributed by atoms with Crippen molar-refractivity contribution < 1.29 is 0 Å².